The first-order valence-corrected chi connectivity index (χ1v) is 7.16. The van der Waals surface area contributed by atoms with Crippen LogP contribution < -0.4 is 4.90 Å². The second kappa shape index (κ2) is 5.87. The third-order valence-corrected chi connectivity index (χ3v) is 3.75. The highest BCUT2D eigenvalue weighted by Crippen LogP contribution is 2.21. The summed E-state index contributed by atoms with van der Waals surface area (Å²) in [5.41, 5.74) is 3.06. The van der Waals surface area contributed by atoms with E-state index < -0.39 is 0 Å². The van der Waals surface area contributed by atoms with E-state index in [-0.39, 0.29) is 0 Å². The third-order valence-electron chi connectivity index (χ3n) is 3.75. The fraction of sp³-hybridized carbons (Fsp3) is 0.294. The molecule has 0 radical (unpaired) electrons. The Kier molecular flexibility index (Phi) is 3.77. The summed E-state index contributed by atoms with van der Waals surface area (Å²) in [6, 6.07) is 10.2. The molecule has 20 heavy (non-hydrogen) atoms. The van der Waals surface area contributed by atoms with Gasteiger partial charge < -0.3 is 4.90 Å². The van der Waals surface area contributed by atoms with E-state index in [1.54, 1.807) is 0 Å². The Morgan fingerprint density at radius 3 is 2.20 bits per heavy atom. The average molecular weight is 265 g/mol. The van der Waals surface area contributed by atoms with Crippen LogP contribution in [0.5, 0.6) is 0 Å². The maximum atomic E-state index is 4.50. The SMILES string of the molecule is C=C(c1ccccc1)c1cnc(N2CCCCC2)nc1. The maximum absolute atomic E-state index is 4.50. The molecular formula is C17H19N3. The minimum absolute atomic E-state index is 0.842. The monoisotopic (exact) mass is 265 g/mol. The molecule has 0 N–H and O–H groups in total. The Morgan fingerprint density at radius 2 is 1.55 bits per heavy atom. The van der Waals surface area contributed by atoms with Gasteiger partial charge in [0.15, 0.2) is 0 Å². The fourth-order valence-corrected chi connectivity index (χ4v) is 2.54. The van der Waals surface area contributed by atoms with E-state index in [4.69, 9.17) is 0 Å². The first kappa shape index (κ1) is 12.9. The van der Waals surface area contributed by atoms with E-state index in [1.165, 1.54) is 19.3 Å². The molecule has 2 aromatic rings. The molecule has 1 fully saturated rings. The van der Waals surface area contributed by atoms with Gasteiger partial charge >= 0.3 is 0 Å². The van der Waals surface area contributed by atoms with Crippen molar-refractivity contribution in [2.45, 2.75) is 19.3 Å². The number of benzene rings is 1. The number of piperidine rings is 1. The predicted octanol–water partition coefficient (Wildman–Crippen LogP) is 3.53. The molecule has 1 aliphatic rings. The van der Waals surface area contributed by atoms with Gasteiger partial charge in [0.25, 0.3) is 0 Å². The molecule has 1 aromatic heterocycles. The first-order valence-electron chi connectivity index (χ1n) is 7.16. The van der Waals surface area contributed by atoms with Gasteiger partial charge in [-0.3, -0.25) is 0 Å². The minimum Gasteiger partial charge on any atom is -0.341 e. The maximum Gasteiger partial charge on any atom is 0.225 e. The molecule has 3 rings (SSSR count). The van der Waals surface area contributed by atoms with Crippen molar-refractivity contribution in [1.29, 1.82) is 0 Å². The molecular weight excluding hydrogens is 246 g/mol. The van der Waals surface area contributed by atoms with Gasteiger partial charge in [0.05, 0.1) is 0 Å². The van der Waals surface area contributed by atoms with Gasteiger partial charge in [0.1, 0.15) is 0 Å². The lowest BCUT2D eigenvalue weighted by Gasteiger charge is -2.26. The lowest BCUT2D eigenvalue weighted by Crippen LogP contribution is -2.30. The Hall–Kier alpha value is -2.16. The standard InChI is InChI=1S/C17H19N3/c1-14(15-8-4-2-5-9-15)16-12-18-17(19-13-16)20-10-6-3-7-11-20/h2,4-5,8-9,12-13H,1,3,6-7,10-11H2. The van der Waals surface area contributed by atoms with Gasteiger partial charge in [-0.15, -0.1) is 0 Å². The second-order valence-corrected chi connectivity index (χ2v) is 5.16. The number of nitrogens with zero attached hydrogens (tertiary/aromatic N) is 3. The van der Waals surface area contributed by atoms with Crippen LogP contribution in [0.1, 0.15) is 30.4 Å². The summed E-state index contributed by atoms with van der Waals surface area (Å²) >= 11 is 0. The molecule has 1 saturated heterocycles. The fourth-order valence-electron chi connectivity index (χ4n) is 2.54. The van der Waals surface area contributed by atoms with Gasteiger partial charge in [-0.2, -0.15) is 0 Å². The van der Waals surface area contributed by atoms with Crippen LogP contribution in [0.2, 0.25) is 0 Å². The first-order chi connectivity index (χ1) is 9.84. The van der Waals surface area contributed by atoms with Crippen LogP contribution in [0.25, 0.3) is 5.57 Å². The predicted molar refractivity (Wildman–Crippen MR) is 82.7 cm³/mol. The summed E-state index contributed by atoms with van der Waals surface area (Å²) < 4.78 is 0. The second-order valence-electron chi connectivity index (χ2n) is 5.16. The van der Waals surface area contributed by atoms with Crippen molar-refractivity contribution in [2.75, 3.05) is 18.0 Å². The van der Waals surface area contributed by atoms with Crippen LogP contribution >= 0.6 is 0 Å². The summed E-state index contributed by atoms with van der Waals surface area (Å²) in [6.07, 6.45) is 7.56. The van der Waals surface area contributed by atoms with Gasteiger partial charge in [0, 0.05) is 31.0 Å². The molecule has 0 saturated carbocycles. The summed E-state index contributed by atoms with van der Waals surface area (Å²) in [7, 11) is 0. The van der Waals surface area contributed by atoms with Crippen molar-refractivity contribution in [3.63, 3.8) is 0 Å². The topological polar surface area (TPSA) is 29.0 Å². The summed E-state index contributed by atoms with van der Waals surface area (Å²) in [6.45, 7) is 6.28. The Balaban J connectivity index is 1.77. The van der Waals surface area contributed by atoms with Crippen LogP contribution in [-0.2, 0) is 0 Å². The number of hydrogen-bond donors (Lipinski definition) is 0. The number of rotatable bonds is 3. The van der Waals surface area contributed by atoms with Crippen molar-refractivity contribution in [3.8, 4) is 0 Å². The lowest BCUT2D eigenvalue weighted by atomic mass is 10.0. The largest absolute Gasteiger partial charge is 0.341 e. The number of anilines is 1. The van der Waals surface area contributed by atoms with Gasteiger partial charge in [-0.05, 0) is 30.4 Å². The lowest BCUT2D eigenvalue weighted by molar-refractivity contribution is 0.568. The molecule has 0 unspecified atom stereocenters. The quantitative estimate of drug-likeness (QED) is 0.850. The molecule has 3 nitrogen and oxygen atoms in total. The van der Waals surface area contributed by atoms with E-state index in [1.807, 2.05) is 30.6 Å². The van der Waals surface area contributed by atoms with Crippen LogP contribution in [0.15, 0.2) is 49.3 Å². The minimum atomic E-state index is 0.842. The molecule has 1 aliphatic heterocycles. The highest BCUT2D eigenvalue weighted by molar-refractivity contribution is 5.77. The zero-order valence-electron chi connectivity index (χ0n) is 11.6. The van der Waals surface area contributed by atoms with Crippen molar-refractivity contribution < 1.29 is 0 Å². The smallest absolute Gasteiger partial charge is 0.225 e. The average Bonchev–Trinajstić information content (AvgIpc) is 2.56. The summed E-state index contributed by atoms with van der Waals surface area (Å²) in [5, 5.41) is 0. The van der Waals surface area contributed by atoms with Gasteiger partial charge in [0.2, 0.25) is 5.95 Å². The van der Waals surface area contributed by atoms with Crippen LogP contribution in [0.3, 0.4) is 0 Å². The van der Waals surface area contributed by atoms with E-state index in [9.17, 15) is 0 Å². The van der Waals surface area contributed by atoms with E-state index in [0.717, 1.165) is 35.7 Å². The molecule has 1 aromatic carbocycles. The van der Waals surface area contributed by atoms with E-state index in [2.05, 4.69) is 33.6 Å². The molecule has 3 heteroatoms. The molecule has 0 aliphatic carbocycles. The Bertz CT molecular complexity index is 569. The van der Waals surface area contributed by atoms with E-state index >= 15 is 0 Å². The van der Waals surface area contributed by atoms with Gasteiger partial charge in [-0.25, -0.2) is 9.97 Å². The van der Waals surface area contributed by atoms with E-state index in [0.29, 0.717) is 0 Å². The van der Waals surface area contributed by atoms with Gasteiger partial charge in [-0.1, -0.05) is 36.9 Å². The van der Waals surface area contributed by atoms with Crippen molar-refractivity contribution in [1.82, 2.24) is 9.97 Å². The zero-order chi connectivity index (χ0) is 13.8. The third kappa shape index (κ3) is 2.72. The highest BCUT2D eigenvalue weighted by atomic mass is 15.2. The van der Waals surface area contributed by atoms with Crippen molar-refractivity contribution >= 4 is 11.5 Å². The van der Waals surface area contributed by atoms with Crippen LogP contribution in [-0.4, -0.2) is 23.1 Å². The van der Waals surface area contributed by atoms with Crippen LogP contribution in [0, 0.1) is 0 Å². The van der Waals surface area contributed by atoms with Crippen molar-refractivity contribution in [2.24, 2.45) is 0 Å². The summed E-state index contributed by atoms with van der Waals surface area (Å²) in [5.74, 6) is 0.842. The molecule has 0 spiro atoms. The molecule has 102 valence electrons. The summed E-state index contributed by atoms with van der Waals surface area (Å²) in [4.78, 5) is 11.3. The highest BCUT2D eigenvalue weighted by Gasteiger charge is 2.13. The molecule has 2 heterocycles. The molecule has 0 atom stereocenters. The van der Waals surface area contributed by atoms with Crippen LogP contribution in [0.4, 0.5) is 5.95 Å². The Morgan fingerprint density at radius 1 is 0.900 bits per heavy atom. The molecule has 0 amide bonds. The zero-order valence-corrected chi connectivity index (χ0v) is 11.6. The normalized spacial score (nSPS) is 15.1. The number of hydrogen-bond acceptors (Lipinski definition) is 3. The Labute approximate surface area is 120 Å². The number of aromatic nitrogens is 2. The molecule has 0 bridgehead atoms. The van der Waals surface area contributed by atoms with Crippen molar-refractivity contribution in [3.05, 3.63) is 60.4 Å².